The Hall–Kier alpha value is -1.91. The molecule has 0 aromatic carbocycles. The Labute approximate surface area is 114 Å². The van der Waals surface area contributed by atoms with Crippen LogP contribution in [0, 0.1) is 0 Å². The van der Waals surface area contributed by atoms with Gasteiger partial charge in [0.2, 0.25) is 0 Å². The van der Waals surface area contributed by atoms with Crippen LogP contribution >= 0.6 is 0 Å². The summed E-state index contributed by atoms with van der Waals surface area (Å²) in [6.45, 7) is 9.25. The van der Waals surface area contributed by atoms with E-state index >= 15 is 0 Å². The van der Waals surface area contributed by atoms with Gasteiger partial charge in [-0.15, -0.1) is 0 Å². The molecule has 0 aliphatic heterocycles. The molecular formula is C14H21N5. The number of aryl methyl sites for hydroxylation is 1. The molecule has 0 unspecified atom stereocenters. The summed E-state index contributed by atoms with van der Waals surface area (Å²) in [5.74, 6) is 1.70. The maximum Gasteiger partial charge on any atom is 0.136 e. The zero-order valence-electron chi connectivity index (χ0n) is 12.2. The summed E-state index contributed by atoms with van der Waals surface area (Å²) in [7, 11) is 1.92. The molecule has 0 saturated carbocycles. The highest BCUT2D eigenvalue weighted by Gasteiger charge is 2.20. The van der Waals surface area contributed by atoms with Crippen molar-refractivity contribution in [1.82, 2.24) is 19.7 Å². The maximum absolute atomic E-state index is 4.68. The Morgan fingerprint density at radius 1 is 1.26 bits per heavy atom. The van der Waals surface area contributed by atoms with Gasteiger partial charge in [0.15, 0.2) is 0 Å². The number of rotatable bonds is 3. The van der Waals surface area contributed by atoms with Crippen molar-refractivity contribution in [1.29, 1.82) is 0 Å². The molecule has 2 aromatic rings. The summed E-state index contributed by atoms with van der Waals surface area (Å²) in [6, 6.07) is 3.93. The van der Waals surface area contributed by atoms with Gasteiger partial charge in [-0.3, -0.25) is 4.68 Å². The maximum atomic E-state index is 4.68. The van der Waals surface area contributed by atoms with Gasteiger partial charge >= 0.3 is 0 Å². The normalized spacial score (nSPS) is 11.6. The van der Waals surface area contributed by atoms with Gasteiger partial charge in [0.1, 0.15) is 11.6 Å². The molecule has 19 heavy (non-hydrogen) atoms. The van der Waals surface area contributed by atoms with Crippen molar-refractivity contribution in [3.05, 3.63) is 24.2 Å². The first kappa shape index (κ1) is 13.5. The molecule has 0 aliphatic rings. The fraction of sp³-hybridized carbons (Fsp3) is 0.500. The van der Waals surface area contributed by atoms with Crippen molar-refractivity contribution in [2.24, 2.45) is 7.05 Å². The van der Waals surface area contributed by atoms with E-state index in [-0.39, 0.29) is 5.41 Å². The zero-order chi connectivity index (χ0) is 14.0. The topological polar surface area (TPSA) is 55.6 Å². The number of hydrogen-bond donors (Lipinski definition) is 1. The summed E-state index contributed by atoms with van der Waals surface area (Å²) in [5, 5.41) is 7.46. The van der Waals surface area contributed by atoms with Crippen LogP contribution in [-0.2, 0) is 12.5 Å². The molecule has 0 bridgehead atoms. The second-order valence-corrected chi connectivity index (χ2v) is 5.58. The average molecular weight is 259 g/mol. The van der Waals surface area contributed by atoms with Crippen LogP contribution in [0.1, 0.15) is 33.5 Å². The molecule has 5 nitrogen and oxygen atoms in total. The Bertz CT molecular complexity index is 565. The monoisotopic (exact) mass is 259 g/mol. The lowest BCUT2D eigenvalue weighted by Gasteiger charge is -2.18. The predicted octanol–water partition coefficient (Wildman–Crippen LogP) is 2.61. The quantitative estimate of drug-likeness (QED) is 0.920. The Morgan fingerprint density at radius 2 is 2.00 bits per heavy atom. The first-order chi connectivity index (χ1) is 8.91. The molecule has 0 radical (unpaired) electrons. The third-order valence-electron chi connectivity index (χ3n) is 2.84. The van der Waals surface area contributed by atoms with Crippen molar-refractivity contribution in [3.63, 3.8) is 0 Å². The number of nitrogens with zero attached hydrogens (tertiary/aromatic N) is 4. The zero-order valence-corrected chi connectivity index (χ0v) is 12.2. The summed E-state index contributed by atoms with van der Waals surface area (Å²) < 4.78 is 1.82. The van der Waals surface area contributed by atoms with E-state index < -0.39 is 0 Å². The minimum Gasteiger partial charge on any atom is -0.370 e. The van der Waals surface area contributed by atoms with Gasteiger partial charge in [0.05, 0.1) is 11.4 Å². The number of anilines is 1. The lowest BCUT2D eigenvalue weighted by Crippen LogP contribution is -2.18. The highest BCUT2D eigenvalue weighted by molar-refractivity contribution is 5.59. The molecule has 0 aliphatic carbocycles. The highest BCUT2D eigenvalue weighted by Crippen LogP contribution is 2.25. The molecule has 1 N–H and O–H groups in total. The van der Waals surface area contributed by atoms with Gasteiger partial charge in [-0.2, -0.15) is 5.10 Å². The fourth-order valence-corrected chi connectivity index (χ4v) is 1.81. The molecule has 2 heterocycles. The molecule has 0 spiro atoms. The second kappa shape index (κ2) is 4.99. The van der Waals surface area contributed by atoms with Crippen molar-refractivity contribution >= 4 is 5.82 Å². The summed E-state index contributed by atoms with van der Waals surface area (Å²) in [5.41, 5.74) is 1.81. The minimum absolute atomic E-state index is 0.0845. The Kier molecular flexibility index (Phi) is 3.55. The van der Waals surface area contributed by atoms with Gasteiger partial charge in [0, 0.05) is 31.3 Å². The lowest BCUT2D eigenvalue weighted by atomic mass is 9.95. The van der Waals surface area contributed by atoms with Gasteiger partial charge in [-0.25, -0.2) is 9.97 Å². The highest BCUT2D eigenvalue weighted by atomic mass is 15.3. The SMILES string of the molecule is CCNc1cc(-c2ccnn2C)nc(C(C)(C)C)n1. The first-order valence-corrected chi connectivity index (χ1v) is 6.53. The molecule has 102 valence electrons. The van der Waals surface area contributed by atoms with Crippen LogP contribution in [0.2, 0.25) is 0 Å². The smallest absolute Gasteiger partial charge is 0.136 e. The molecule has 2 aromatic heterocycles. The fourth-order valence-electron chi connectivity index (χ4n) is 1.81. The van der Waals surface area contributed by atoms with Crippen LogP contribution in [0.5, 0.6) is 0 Å². The van der Waals surface area contributed by atoms with E-state index in [0.29, 0.717) is 0 Å². The van der Waals surface area contributed by atoms with E-state index in [1.165, 1.54) is 0 Å². The van der Waals surface area contributed by atoms with Crippen LogP contribution in [0.25, 0.3) is 11.4 Å². The number of nitrogens with one attached hydrogen (secondary N) is 1. The van der Waals surface area contributed by atoms with E-state index in [0.717, 1.165) is 29.6 Å². The molecular weight excluding hydrogens is 238 g/mol. The van der Waals surface area contributed by atoms with Crippen LogP contribution in [-0.4, -0.2) is 26.3 Å². The summed E-state index contributed by atoms with van der Waals surface area (Å²) in [4.78, 5) is 9.26. The van der Waals surface area contributed by atoms with Crippen molar-refractivity contribution in [2.45, 2.75) is 33.1 Å². The molecule has 0 amide bonds. The van der Waals surface area contributed by atoms with E-state index in [4.69, 9.17) is 0 Å². The number of aromatic nitrogens is 4. The van der Waals surface area contributed by atoms with Crippen molar-refractivity contribution in [2.75, 3.05) is 11.9 Å². The van der Waals surface area contributed by atoms with Gasteiger partial charge < -0.3 is 5.32 Å². The van der Waals surface area contributed by atoms with Crippen LogP contribution in [0.4, 0.5) is 5.82 Å². The molecule has 0 atom stereocenters. The van der Waals surface area contributed by atoms with E-state index in [9.17, 15) is 0 Å². The van der Waals surface area contributed by atoms with Gasteiger partial charge in [-0.1, -0.05) is 20.8 Å². The first-order valence-electron chi connectivity index (χ1n) is 6.53. The molecule has 0 fully saturated rings. The lowest BCUT2D eigenvalue weighted by molar-refractivity contribution is 0.546. The van der Waals surface area contributed by atoms with Crippen molar-refractivity contribution in [3.8, 4) is 11.4 Å². The minimum atomic E-state index is -0.0845. The van der Waals surface area contributed by atoms with Crippen LogP contribution in [0.15, 0.2) is 18.3 Å². The summed E-state index contributed by atoms with van der Waals surface area (Å²) >= 11 is 0. The molecule has 2 rings (SSSR count). The largest absolute Gasteiger partial charge is 0.370 e. The summed E-state index contributed by atoms with van der Waals surface area (Å²) in [6.07, 6.45) is 1.78. The Balaban J connectivity index is 2.55. The third kappa shape index (κ3) is 2.92. The van der Waals surface area contributed by atoms with E-state index in [1.54, 1.807) is 6.20 Å². The molecule has 0 saturated heterocycles. The third-order valence-corrected chi connectivity index (χ3v) is 2.84. The second-order valence-electron chi connectivity index (χ2n) is 5.58. The predicted molar refractivity (Wildman–Crippen MR) is 77.1 cm³/mol. The van der Waals surface area contributed by atoms with Crippen molar-refractivity contribution < 1.29 is 0 Å². The van der Waals surface area contributed by atoms with Gasteiger partial charge in [0.25, 0.3) is 0 Å². The van der Waals surface area contributed by atoms with E-state index in [2.05, 4.69) is 48.1 Å². The van der Waals surface area contributed by atoms with Crippen LogP contribution < -0.4 is 5.32 Å². The van der Waals surface area contributed by atoms with Crippen LogP contribution in [0.3, 0.4) is 0 Å². The standard InChI is InChI=1S/C14H21N5/c1-6-15-12-9-10(11-7-8-16-19(11)5)17-13(18-12)14(2,3)4/h7-9H,6H2,1-5H3,(H,15,17,18). The average Bonchev–Trinajstić information content (AvgIpc) is 2.74. The number of hydrogen-bond acceptors (Lipinski definition) is 4. The van der Waals surface area contributed by atoms with E-state index in [1.807, 2.05) is 23.9 Å². The Morgan fingerprint density at radius 3 is 2.53 bits per heavy atom. The molecule has 5 heteroatoms. The van der Waals surface area contributed by atoms with Gasteiger partial charge in [-0.05, 0) is 13.0 Å².